The van der Waals surface area contributed by atoms with Crippen LogP contribution in [0.2, 0.25) is 0 Å². The molecule has 0 aromatic heterocycles. The highest BCUT2D eigenvalue weighted by Gasteiger charge is 2.21. The normalized spacial score (nSPS) is 11.2. The number of aliphatic carboxylic acids is 2. The van der Waals surface area contributed by atoms with E-state index in [4.69, 9.17) is 52.3 Å². The molecular weight excluding hydrogens is 332 g/mol. The molecule has 0 spiro atoms. The maximum Gasteiger partial charge on any atom is 0.328 e. The number of carboxylic acids is 2. The summed E-state index contributed by atoms with van der Waals surface area (Å²) >= 11 is 0. The number of hydrogen-bond donors (Lipinski definition) is 10. The molecule has 0 saturated heterocycles. The minimum absolute atomic E-state index is 0.403. The fraction of sp³-hybridized carbons (Fsp3) is 0.667. The molecule has 0 aromatic rings. The van der Waals surface area contributed by atoms with Gasteiger partial charge < -0.3 is 52.3 Å². The van der Waals surface area contributed by atoms with Gasteiger partial charge >= 0.3 is 11.9 Å². The van der Waals surface area contributed by atoms with Crippen molar-refractivity contribution in [2.45, 2.75) is 11.1 Å². The summed E-state index contributed by atoms with van der Waals surface area (Å²) in [6, 6.07) is 0. The highest BCUT2D eigenvalue weighted by molar-refractivity contribution is 5.89. The summed E-state index contributed by atoms with van der Waals surface area (Å²) in [5.41, 5.74) is 7.88. The number of hydrogen-bond acceptors (Lipinski definition) is 10. The molecule has 0 unspecified atom stereocenters. The summed E-state index contributed by atoms with van der Waals surface area (Å²) in [7, 11) is 0. The highest BCUT2D eigenvalue weighted by atomic mass is 16.4. The van der Waals surface area contributed by atoms with Gasteiger partial charge in [0, 0.05) is 12.2 Å². The van der Waals surface area contributed by atoms with Crippen molar-refractivity contribution in [1.82, 2.24) is 0 Å². The Morgan fingerprint density at radius 3 is 0.833 bits per heavy atom. The Morgan fingerprint density at radius 2 is 0.792 bits per heavy atom. The lowest BCUT2D eigenvalue weighted by Crippen LogP contribution is -2.50. The van der Waals surface area contributed by atoms with Crippen LogP contribution in [0.5, 0.6) is 0 Å². The molecule has 0 radical (unpaired) electrons. The van der Waals surface area contributed by atoms with E-state index in [-0.39, 0.29) is 0 Å². The second-order valence-electron chi connectivity index (χ2n) is 4.68. The van der Waals surface area contributed by atoms with Crippen LogP contribution < -0.4 is 11.5 Å². The maximum atomic E-state index is 9.55. The van der Waals surface area contributed by atoms with Gasteiger partial charge in [0.1, 0.15) is 0 Å². The first kappa shape index (κ1) is 27.2. The standard InChI is InChI=1S/2C4H11NO3.C4H4O4/c2*5-4(1-6,2-7)3-8;5-3(6)1-2-4(7)8/h2*6-8H,1-3,5H2;1-2H,(H,5,6)(H,7,8)/b;;2-1-. The summed E-state index contributed by atoms with van der Waals surface area (Å²) in [5, 5.41) is 65.7. The fourth-order valence-electron chi connectivity index (χ4n) is 0.443. The number of rotatable bonds is 8. The van der Waals surface area contributed by atoms with Gasteiger partial charge in [-0.25, -0.2) is 9.59 Å². The van der Waals surface area contributed by atoms with Crippen molar-refractivity contribution in [2.75, 3.05) is 39.6 Å². The number of nitrogens with two attached hydrogens (primary N) is 2. The average molecular weight is 358 g/mol. The van der Waals surface area contributed by atoms with Crippen LogP contribution in [0.4, 0.5) is 0 Å². The van der Waals surface area contributed by atoms with Crippen LogP contribution in [-0.4, -0.2) is 104 Å². The van der Waals surface area contributed by atoms with Gasteiger partial charge in [-0.05, 0) is 0 Å². The number of aliphatic hydroxyl groups is 6. The van der Waals surface area contributed by atoms with Crippen molar-refractivity contribution < 1.29 is 50.4 Å². The van der Waals surface area contributed by atoms with Gasteiger partial charge in [0.05, 0.1) is 50.7 Å². The monoisotopic (exact) mass is 358 g/mol. The molecule has 12 N–H and O–H groups in total. The van der Waals surface area contributed by atoms with Crippen LogP contribution >= 0.6 is 0 Å². The number of aliphatic hydroxyl groups excluding tert-OH is 6. The topological polar surface area (TPSA) is 248 Å². The van der Waals surface area contributed by atoms with Gasteiger partial charge in [-0.3, -0.25) is 0 Å². The molecule has 12 nitrogen and oxygen atoms in total. The minimum atomic E-state index is -1.26. The Hall–Kier alpha value is -1.64. The van der Waals surface area contributed by atoms with Crippen LogP contribution in [-0.2, 0) is 9.59 Å². The molecular formula is C12H26N2O10. The molecule has 0 atom stereocenters. The third kappa shape index (κ3) is 16.7. The molecule has 0 saturated carbocycles. The van der Waals surface area contributed by atoms with Crippen molar-refractivity contribution in [3.05, 3.63) is 12.2 Å². The maximum absolute atomic E-state index is 9.55. The van der Waals surface area contributed by atoms with E-state index in [0.717, 1.165) is 0 Å². The third-order valence-electron chi connectivity index (χ3n) is 2.26. The molecule has 144 valence electrons. The first-order chi connectivity index (χ1) is 11.0. The molecule has 0 rings (SSSR count). The van der Waals surface area contributed by atoms with Crippen molar-refractivity contribution in [3.63, 3.8) is 0 Å². The lowest BCUT2D eigenvalue weighted by Gasteiger charge is -2.20. The molecule has 0 heterocycles. The van der Waals surface area contributed by atoms with Crippen LogP contribution in [0.25, 0.3) is 0 Å². The second kappa shape index (κ2) is 14.9. The van der Waals surface area contributed by atoms with E-state index in [1.807, 2.05) is 0 Å². The predicted molar refractivity (Wildman–Crippen MR) is 80.8 cm³/mol. The largest absolute Gasteiger partial charge is 0.478 e. The van der Waals surface area contributed by atoms with E-state index < -0.39 is 62.7 Å². The number of carboxylic acid groups (broad SMARTS) is 2. The third-order valence-corrected chi connectivity index (χ3v) is 2.26. The van der Waals surface area contributed by atoms with Crippen molar-refractivity contribution in [3.8, 4) is 0 Å². The Balaban J connectivity index is -0.000000276. The van der Waals surface area contributed by atoms with Gasteiger partial charge in [0.2, 0.25) is 0 Å². The van der Waals surface area contributed by atoms with E-state index in [1.54, 1.807) is 0 Å². The van der Waals surface area contributed by atoms with Crippen molar-refractivity contribution >= 4 is 11.9 Å². The van der Waals surface area contributed by atoms with E-state index in [9.17, 15) is 9.59 Å². The summed E-state index contributed by atoms with van der Waals surface area (Å²) in [4.78, 5) is 19.1. The Labute approximate surface area is 137 Å². The van der Waals surface area contributed by atoms with E-state index in [1.165, 1.54) is 0 Å². The van der Waals surface area contributed by atoms with Gasteiger partial charge in [-0.15, -0.1) is 0 Å². The van der Waals surface area contributed by atoms with Crippen molar-refractivity contribution in [2.24, 2.45) is 11.5 Å². The molecule has 0 bridgehead atoms. The van der Waals surface area contributed by atoms with Crippen LogP contribution in [0.1, 0.15) is 0 Å². The zero-order chi connectivity index (χ0) is 19.8. The van der Waals surface area contributed by atoms with Crippen LogP contribution in [0.15, 0.2) is 12.2 Å². The molecule has 0 amide bonds. The Kier molecular flexibility index (Phi) is 16.9. The van der Waals surface area contributed by atoms with E-state index in [0.29, 0.717) is 12.2 Å². The summed E-state index contributed by atoms with van der Waals surface area (Å²) in [5.74, 6) is -2.51. The SMILES string of the molecule is NC(CO)(CO)CO.NC(CO)(CO)CO.O=C(O)/C=C\C(=O)O. The van der Waals surface area contributed by atoms with E-state index >= 15 is 0 Å². The molecule has 0 aliphatic heterocycles. The average Bonchev–Trinajstić information content (AvgIpc) is 2.59. The minimum Gasteiger partial charge on any atom is -0.478 e. The zero-order valence-corrected chi connectivity index (χ0v) is 12.9. The molecule has 0 aliphatic rings. The fourth-order valence-corrected chi connectivity index (χ4v) is 0.443. The lowest BCUT2D eigenvalue weighted by molar-refractivity contribution is -0.134. The summed E-state index contributed by atoms with van der Waals surface area (Å²) in [6.45, 7) is -2.42. The second-order valence-corrected chi connectivity index (χ2v) is 4.68. The van der Waals surface area contributed by atoms with Gasteiger partial charge in [-0.2, -0.15) is 0 Å². The van der Waals surface area contributed by atoms with Crippen LogP contribution in [0, 0.1) is 0 Å². The van der Waals surface area contributed by atoms with Gasteiger partial charge in [-0.1, -0.05) is 0 Å². The quantitative estimate of drug-likeness (QED) is 0.183. The van der Waals surface area contributed by atoms with Gasteiger partial charge in [0.15, 0.2) is 0 Å². The zero-order valence-electron chi connectivity index (χ0n) is 12.9. The van der Waals surface area contributed by atoms with Crippen molar-refractivity contribution in [1.29, 1.82) is 0 Å². The summed E-state index contributed by atoms with van der Waals surface area (Å²) < 4.78 is 0. The Bertz CT molecular complexity index is 316. The van der Waals surface area contributed by atoms with Gasteiger partial charge in [0.25, 0.3) is 0 Å². The summed E-state index contributed by atoms with van der Waals surface area (Å²) in [6.07, 6.45) is 1.12. The highest BCUT2D eigenvalue weighted by Crippen LogP contribution is 1.93. The smallest absolute Gasteiger partial charge is 0.328 e. The first-order valence-electron chi connectivity index (χ1n) is 6.36. The first-order valence-corrected chi connectivity index (χ1v) is 6.36. The molecule has 0 fully saturated rings. The number of carbonyl (C=O) groups is 2. The molecule has 0 aliphatic carbocycles. The molecule has 12 heteroatoms. The Morgan fingerprint density at radius 1 is 0.625 bits per heavy atom. The molecule has 0 aromatic carbocycles. The predicted octanol–water partition coefficient (Wildman–Crippen LogP) is -4.97. The van der Waals surface area contributed by atoms with Crippen LogP contribution in [0.3, 0.4) is 0 Å². The lowest BCUT2D eigenvalue weighted by atomic mass is 10.1. The molecule has 24 heavy (non-hydrogen) atoms. The van der Waals surface area contributed by atoms with E-state index in [2.05, 4.69) is 0 Å².